The van der Waals surface area contributed by atoms with Gasteiger partial charge in [0.15, 0.2) is 0 Å². The molecule has 0 spiro atoms. The highest BCUT2D eigenvalue weighted by Gasteiger charge is 2.32. The predicted molar refractivity (Wildman–Crippen MR) is 78.2 cm³/mol. The number of aromatic hydroxyl groups is 1. The molecule has 20 heavy (non-hydrogen) atoms. The Morgan fingerprint density at radius 2 is 1.85 bits per heavy atom. The molecule has 0 unspecified atom stereocenters. The Morgan fingerprint density at radius 1 is 1.20 bits per heavy atom. The number of rotatable bonds is 4. The Labute approximate surface area is 119 Å². The van der Waals surface area contributed by atoms with Gasteiger partial charge in [-0.25, -0.2) is 0 Å². The second kappa shape index (κ2) is 6.57. The smallest absolute Gasteiger partial charge is 0.244 e. The van der Waals surface area contributed by atoms with Crippen molar-refractivity contribution < 1.29 is 15.0 Å². The number of carbonyl (C=O) groups excluding carboxylic acids is 1. The lowest BCUT2D eigenvalue weighted by molar-refractivity contribution is -0.119. The van der Waals surface area contributed by atoms with Gasteiger partial charge in [-0.1, -0.05) is 31.4 Å². The maximum atomic E-state index is 12.0. The average Bonchev–Trinajstić information content (AvgIpc) is 2.47. The number of phenols is 1. The molecule has 2 rings (SSSR count). The van der Waals surface area contributed by atoms with E-state index in [4.69, 9.17) is 0 Å². The van der Waals surface area contributed by atoms with Crippen LogP contribution in [0.25, 0.3) is 6.08 Å². The second-order valence-corrected chi connectivity index (χ2v) is 5.41. The Balaban J connectivity index is 1.95. The van der Waals surface area contributed by atoms with Crippen LogP contribution in [-0.2, 0) is 4.79 Å². The molecule has 4 heteroatoms. The topological polar surface area (TPSA) is 69.6 Å². The van der Waals surface area contributed by atoms with E-state index in [2.05, 4.69) is 5.32 Å². The van der Waals surface area contributed by atoms with Gasteiger partial charge in [-0.3, -0.25) is 4.79 Å². The van der Waals surface area contributed by atoms with Crippen molar-refractivity contribution in [1.29, 1.82) is 0 Å². The van der Waals surface area contributed by atoms with Crippen molar-refractivity contribution in [2.24, 2.45) is 0 Å². The molecule has 0 bridgehead atoms. The van der Waals surface area contributed by atoms with Crippen LogP contribution in [0.1, 0.15) is 37.7 Å². The Kier molecular flexibility index (Phi) is 4.79. The molecule has 0 aliphatic heterocycles. The van der Waals surface area contributed by atoms with Crippen molar-refractivity contribution in [3.05, 3.63) is 35.9 Å². The third-order valence-corrected chi connectivity index (χ3v) is 3.82. The molecule has 3 N–H and O–H groups in total. The van der Waals surface area contributed by atoms with E-state index in [0.717, 1.165) is 31.2 Å². The molecule has 1 aliphatic carbocycles. The van der Waals surface area contributed by atoms with E-state index in [-0.39, 0.29) is 18.3 Å². The van der Waals surface area contributed by atoms with E-state index in [1.165, 1.54) is 12.5 Å². The molecule has 1 fully saturated rings. The van der Waals surface area contributed by atoms with Crippen LogP contribution in [0.3, 0.4) is 0 Å². The summed E-state index contributed by atoms with van der Waals surface area (Å²) in [6.45, 7) is -0.00815. The SMILES string of the molecule is O=C(C=Cc1ccc(O)cc1)NC1(CO)CCCCC1. The average molecular weight is 275 g/mol. The molecule has 1 saturated carbocycles. The lowest BCUT2D eigenvalue weighted by Crippen LogP contribution is -2.52. The minimum Gasteiger partial charge on any atom is -0.508 e. The molecule has 0 atom stereocenters. The maximum Gasteiger partial charge on any atom is 0.244 e. The molecule has 0 radical (unpaired) electrons. The third-order valence-electron chi connectivity index (χ3n) is 3.82. The molecular weight excluding hydrogens is 254 g/mol. The molecular formula is C16H21NO3. The number of aliphatic hydroxyl groups excluding tert-OH is 1. The number of hydrogen-bond acceptors (Lipinski definition) is 3. The number of hydrogen-bond donors (Lipinski definition) is 3. The van der Waals surface area contributed by atoms with Crippen molar-refractivity contribution in [2.45, 2.75) is 37.6 Å². The molecule has 0 heterocycles. The predicted octanol–water partition coefficient (Wildman–Crippen LogP) is 2.22. The summed E-state index contributed by atoms with van der Waals surface area (Å²) in [5, 5.41) is 21.7. The fourth-order valence-electron chi connectivity index (χ4n) is 2.61. The molecule has 1 amide bonds. The summed E-state index contributed by atoms with van der Waals surface area (Å²) in [7, 11) is 0. The monoisotopic (exact) mass is 275 g/mol. The van der Waals surface area contributed by atoms with Gasteiger partial charge in [0, 0.05) is 6.08 Å². The van der Waals surface area contributed by atoms with Crippen molar-refractivity contribution in [1.82, 2.24) is 5.32 Å². The summed E-state index contributed by atoms with van der Waals surface area (Å²) in [6, 6.07) is 6.63. The molecule has 0 aromatic heterocycles. The fourth-order valence-corrected chi connectivity index (χ4v) is 2.61. The Hall–Kier alpha value is -1.81. The van der Waals surface area contributed by atoms with Crippen LogP contribution < -0.4 is 5.32 Å². The molecule has 1 aromatic carbocycles. The third kappa shape index (κ3) is 3.84. The summed E-state index contributed by atoms with van der Waals surface area (Å²) >= 11 is 0. The van der Waals surface area contributed by atoms with Crippen LogP contribution in [-0.4, -0.2) is 28.3 Å². The molecule has 1 aromatic rings. The van der Waals surface area contributed by atoms with Gasteiger partial charge in [-0.05, 0) is 36.6 Å². The standard InChI is InChI=1S/C16H21NO3/c18-12-16(10-2-1-3-11-16)17-15(20)9-6-13-4-7-14(19)8-5-13/h4-9,18-19H,1-3,10-12H2,(H,17,20). The fraction of sp³-hybridized carbons (Fsp3) is 0.438. The minimum atomic E-state index is -0.450. The van der Waals surface area contributed by atoms with Gasteiger partial charge in [0.25, 0.3) is 0 Å². The zero-order chi connectivity index (χ0) is 14.4. The van der Waals surface area contributed by atoms with Crippen LogP contribution in [0.2, 0.25) is 0 Å². The normalized spacial score (nSPS) is 18.1. The van der Waals surface area contributed by atoms with Crippen LogP contribution in [0.5, 0.6) is 5.75 Å². The van der Waals surface area contributed by atoms with E-state index in [9.17, 15) is 15.0 Å². The number of phenolic OH excluding ortho intramolecular Hbond substituents is 1. The van der Waals surface area contributed by atoms with E-state index in [1.807, 2.05) is 0 Å². The largest absolute Gasteiger partial charge is 0.508 e. The number of aliphatic hydroxyl groups is 1. The molecule has 0 saturated heterocycles. The van der Waals surface area contributed by atoms with Crippen LogP contribution in [0.15, 0.2) is 30.3 Å². The van der Waals surface area contributed by atoms with Crippen LogP contribution in [0, 0.1) is 0 Å². The molecule has 1 aliphatic rings. The lowest BCUT2D eigenvalue weighted by atomic mass is 9.82. The number of benzene rings is 1. The van der Waals surface area contributed by atoms with Gasteiger partial charge in [-0.15, -0.1) is 0 Å². The highest BCUT2D eigenvalue weighted by molar-refractivity contribution is 5.92. The van der Waals surface area contributed by atoms with E-state index < -0.39 is 5.54 Å². The van der Waals surface area contributed by atoms with Gasteiger partial charge in [0.2, 0.25) is 5.91 Å². The van der Waals surface area contributed by atoms with Crippen LogP contribution >= 0.6 is 0 Å². The van der Waals surface area contributed by atoms with Gasteiger partial charge < -0.3 is 15.5 Å². The zero-order valence-corrected chi connectivity index (χ0v) is 11.5. The number of amides is 1. The number of nitrogens with one attached hydrogen (secondary N) is 1. The summed E-state index contributed by atoms with van der Waals surface area (Å²) < 4.78 is 0. The van der Waals surface area contributed by atoms with E-state index >= 15 is 0 Å². The lowest BCUT2D eigenvalue weighted by Gasteiger charge is -2.36. The first-order valence-electron chi connectivity index (χ1n) is 7.04. The number of carbonyl (C=O) groups is 1. The first kappa shape index (κ1) is 14.6. The van der Waals surface area contributed by atoms with Crippen LogP contribution in [0.4, 0.5) is 0 Å². The Morgan fingerprint density at radius 3 is 2.45 bits per heavy atom. The zero-order valence-electron chi connectivity index (χ0n) is 11.5. The van der Waals surface area contributed by atoms with E-state index in [1.54, 1.807) is 30.3 Å². The summed E-state index contributed by atoms with van der Waals surface area (Å²) in [5.41, 5.74) is 0.397. The Bertz CT molecular complexity index is 473. The van der Waals surface area contributed by atoms with Crippen molar-refractivity contribution in [2.75, 3.05) is 6.61 Å². The van der Waals surface area contributed by atoms with Gasteiger partial charge in [0.05, 0.1) is 12.1 Å². The van der Waals surface area contributed by atoms with E-state index in [0.29, 0.717) is 0 Å². The highest BCUT2D eigenvalue weighted by atomic mass is 16.3. The summed E-state index contributed by atoms with van der Waals surface area (Å²) in [6.07, 6.45) is 8.09. The van der Waals surface area contributed by atoms with Crippen molar-refractivity contribution in [3.63, 3.8) is 0 Å². The quantitative estimate of drug-likeness (QED) is 0.738. The summed E-state index contributed by atoms with van der Waals surface area (Å²) in [4.78, 5) is 12.0. The first-order chi connectivity index (χ1) is 9.63. The van der Waals surface area contributed by atoms with Gasteiger partial charge in [-0.2, -0.15) is 0 Å². The molecule has 108 valence electrons. The van der Waals surface area contributed by atoms with Gasteiger partial charge >= 0.3 is 0 Å². The van der Waals surface area contributed by atoms with Crippen molar-refractivity contribution in [3.8, 4) is 5.75 Å². The first-order valence-corrected chi connectivity index (χ1v) is 7.04. The van der Waals surface area contributed by atoms with Gasteiger partial charge in [0.1, 0.15) is 5.75 Å². The minimum absolute atomic E-state index is 0.00815. The molecule has 4 nitrogen and oxygen atoms in total. The summed E-state index contributed by atoms with van der Waals surface area (Å²) in [5.74, 6) is 0.0158. The highest BCUT2D eigenvalue weighted by Crippen LogP contribution is 2.27. The van der Waals surface area contributed by atoms with Crippen molar-refractivity contribution >= 4 is 12.0 Å². The second-order valence-electron chi connectivity index (χ2n) is 5.41. The maximum absolute atomic E-state index is 12.0.